The number of halogens is 2. The Labute approximate surface area is 170 Å². The molecule has 3 rings (SSSR count). The van der Waals surface area contributed by atoms with E-state index < -0.39 is 5.38 Å². The van der Waals surface area contributed by atoms with Gasteiger partial charge in [-0.25, -0.2) is 9.37 Å². The Balaban J connectivity index is 2.02. The first kappa shape index (κ1) is 19.6. The Morgan fingerprint density at radius 2 is 1.89 bits per heavy atom. The van der Waals surface area contributed by atoms with Crippen LogP contribution in [0.4, 0.5) is 4.39 Å². The summed E-state index contributed by atoms with van der Waals surface area (Å²) in [5, 5.41) is 30.7. The highest BCUT2D eigenvalue weighted by atomic mass is 35.5. The molecule has 1 N–H and O–H groups in total. The highest BCUT2D eigenvalue weighted by molar-refractivity contribution is 7.11. The van der Waals surface area contributed by atoms with E-state index in [1.807, 2.05) is 12.1 Å². The number of rotatable bonds is 5. The van der Waals surface area contributed by atoms with E-state index in [-0.39, 0.29) is 23.6 Å². The van der Waals surface area contributed by atoms with Crippen LogP contribution in [0.5, 0.6) is 0 Å². The lowest BCUT2D eigenvalue weighted by molar-refractivity contribution is 0.513. The lowest BCUT2D eigenvalue weighted by Gasteiger charge is -2.10. The molecule has 138 valence electrons. The molecular weight excluding hydrogens is 397 g/mol. The summed E-state index contributed by atoms with van der Waals surface area (Å²) in [6.07, 6.45) is 0.232. The van der Waals surface area contributed by atoms with Gasteiger partial charge in [0.2, 0.25) is 0 Å². The van der Waals surface area contributed by atoms with E-state index in [1.54, 1.807) is 41.8 Å². The molecule has 28 heavy (non-hydrogen) atoms. The average Bonchev–Trinajstić information content (AvgIpc) is 3.19. The number of alkyl halides is 1. The van der Waals surface area contributed by atoms with E-state index >= 15 is 0 Å². The smallest absolute Gasteiger partial charge is 0.143 e. The van der Waals surface area contributed by atoms with Crippen LogP contribution < -0.4 is 0 Å². The van der Waals surface area contributed by atoms with E-state index in [4.69, 9.17) is 16.9 Å². The molecule has 1 unspecified atom stereocenters. The fourth-order valence-electron chi connectivity index (χ4n) is 2.65. The van der Waals surface area contributed by atoms with Gasteiger partial charge in [0.05, 0.1) is 11.8 Å². The lowest BCUT2D eigenvalue weighted by Crippen LogP contribution is -2.03. The number of aliphatic hydroxyl groups excluding tert-OH is 1. The van der Waals surface area contributed by atoms with Crippen molar-refractivity contribution in [1.82, 2.24) is 4.98 Å². The summed E-state index contributed by atoms with van der Waals surface area (Å²) in [6, 6.07) is 16.7. The summed E-state index contributed by atoms with van der Waals surface area (Å²) in [5.74, 6) is -0.569. The minimum atomic E-state index is -0.746. The Bertz CT molecular complexity index is 1110. The minimum absolute atomic E-state index is 0.0221. The molecule has 3 aromatic rings. The standard InChI is InChI=1S/C21H13ClFN3OS/c22-15(10-24)9-14-3-1-2-4-17(14)20(27)18(11-25)21-26-19(12-28-21)13-5-7-16(23)8-6-13/h1-8,12,15,27H,9H2. The van der Waals surface area contributed by atoms with Crippen LogP contribution in [0.25, 0.3) is 22.6 Å². The molecule has 0 radical (unpaired) electrons. The Morgan fingerprint density at radius 1 is 1.18 bits per heavy atom. The Kier molecular flexibility index (Phi) is 6.06. The molecular formula is C21H13ClFN3OS. The van der Waals surface area contributed by atoms with Crippen LogP contribution in [0.3, 0.4) is 0 Å². The molecule has 4 nitrogen and oxygen atoms in total. The summed E-state index contributed by atoms with van der Waals surface area (Å²) < 4.78 is 13.1. The van der Waals surface area contributed by atoms with Gasteiger partial charge in [-0.3, -0.25) is 0 Å². The first-order valence-electron chi connectivity index (χ1n) is 8.20. The number of nitrogens with zero attached hydrogens (tertiary/aromatic N) is 3. The third-order valence-electron chi connectivity index (χ3n) is 4.02. The van der Waals surface area contributed by atoms with Crippen LogP contribution in [0, 0.1) is 28.5 Å². The van der Waals surface area contributed by atoms with Crippen molar-refractivity contribution < 1.29 is 9.50 Å². The van der Waals surface area contributed by atoms with Crippen molar-refractivity contribution in [2.75, 3.05) is 0 Å². The maximum Gasteiger partial charge on any atom is 0.143 e. The molecule has 0 fully saturated rings. The van der Waals surface area contributed by atoms with Crippen LogP contribution in [0.2, 0.25) is 0 Å². The van der Waals surface area contributed by atoms with Crippen molar-refractivity contribution in [2.45, 2.75) is 11.8 Å². The van der Waals surface area contributed by atoms with Gasteiger partial charge in [0.1, 0.15) is 33.6 Å². The van der Waals surface area contributed by atoms with Crippen LogP contribution >= 0.6 is 22.9 Å². The molecule has 1 heterocycles. The van der Waals surface area contributed by atoms with Crippen molar-refractivity contribution in [3.05, 3.63) is 75.9 Å². The van der Waals surface area contributed by atoms with Crippen molar-refractivity contribution in [3.63, 3.8) is 0 Å². The van der Waals surface area contributed by atoms with Crippen LogP contribution in [0.1, 0.15) is 16.1 Å². The summed E-state index contributed by atoms with van der Waals surface area (Å²) in [7, 11) is 0. The van der Waals surface area contributed by atoms with Gasteiger partial charge in [0.25, 0.3) is 0 Å². The van der Waals surface area contributed by atoms with Gasteiger partial charge in [-0.2, -0.15) is 10.5 Å². The lowest BCUT2D eigenvalue weighted by atomic mass is 9.99. The highest BCUT2D eigenvalue weighted by Gasteiger charge is 2.18. The summed E-state index contributed by atoms with van der Waals surface area (Å²) in [6.45, 7) is 0. The SMILES string of the molecule is N#CC(=C(O)c1ccccc1CC(Cl)C#N)c1nc(-c2ccc(F)cc2)cs1. The van der Waals surface area contributed by atoms with E-state index in [0.29, 0.717) is 27.4 Å². The molecule has 0 aliphatic rings. The Morgan fingerprint density at radius 3 is 2.57 bits per heavy atom. The maximum atomic E-state index is 13.1. The normalized spacial score (nSPS) is 12.6. The van der Waals surface area contributed by atoms with Crippen LogP contribution in [-0.4, -0.2) is 15.5 Å². The largest absolute Gasteiger partial charge is 0.506 e. The van der Waals surface area contributed by atoms with Gasteiger partial charge in [0, 0.05) is 22.9 Å². The van der Waals surface area contributed by atoms with Crippen molar-refractivity contribution >= 4 is 34.3 Å². The quantitative estimate of drug-likeness (QED) is 0.339. The van der Waals surface area contributed by atoms with E-state index in [2.05, 4.69) is 4.98 Å². The van der Waals surface area contributed by atoms with Gasteiger partial charge in [-0.15, -0.1) is 22.9 Å². The van der Waals surface area contributed by atoms with Crippen molar-refractivity contribution in [2.24, 2.45) is 0 Å². The van der Waals surface area contributed by atoms with Gasteiger partial charge >= 0.3 is 0 Å². The zero-order valence-electron chi connectivity index (χ0n) is 14.4. The fraction of sp³-hybridized carbons (Fsp3) is 0.0952. The number of benzene rings is 2. The summed E-state index contributed by atoms with van der Waals surface area (Å²) in [4.78, 5) is 4.41. The summed E-state index contributed by atoms with van der Waals surface area (Å²) in [5.41, 5.74) is 2.40. The first-order chi connectivity index (χ1) is 13.5. The van der Waals surface area contributed by atoms with Gasteiger partial charge in [-0.05, 0) is 29.8 Å². The Hall–Kier alpha value is -3.19. The molecule has 0 amide bonds. The number of nitriles is 2. The van der Waals surface area contributed by atoms with Crippen LogP contribution in [-0.2, 0) is 6.42 Å². The van der Waals surface area contributed by atoms with E-state index in [9.17, 15) is 14.8 Å². The van der Waals surface area contributed by atoms with Crippen molar-refractivity contribution in [3.8, 4) is 23.4 Å². The van der Waals surface area contributed by atoms with Gasteiger partial charge < -0.3 is 5.11 Å². The second-order valence-corrected chi connectivity index (χ2v) is 7.22. The maximum absolute atomic E-state index is 13.1. The predicted octanol–water partition coefficient (Wildman–Crippen LogP) is 5.57. The highest BCUT2D eigenvalue weighted by Crippen LogP contribution is 2.31. The summed E-state index contributed by atoms with van der Waals surface area (Å²) >= 11 is 7.13. The number of aliphatic hydroxyl groups is 1. The number of hydrogen-bond acceptors (Lipinski definition) is 5. The minimum Gasteiger partial charge on any atom is -0.506 e. The molecule has 0 bridgehead atoms. The van der Waals surface area contributed by atoms with Crippen LogP contribution in [0.15, 0.2) is 53.9 Å². The molecule has 1 aromatic heterocycles. The molecule has 1 atom stereocenters. The molecule has 0 saturated carbocycles. The second kappa shape index (κ2) is 8.67. The topological polar surface area (TPSA) is 80.7 Å². The molecule has 7 heteroatoms. The molecule has 0 aliphatic heterocycles. The van der Waals surface area contributed by atoms with E-state index in [0.717, 1.165) is 0 Å². The molecule has 2 aromatic carbocycles. The number of hydrogen-bond donors (Lipinski definition) is 1. The third-order valence-corrected chi connectivity index (χ3v) is 5.13. The zero-order valence-corrected chi connectivity index (χ0v) is 16.0. The fourth-order valence-corrected chi connectivity index (χ4v) is 3.64. The van der Waals surface area contributed by atoms with Gasteiger partial charge in [-0.1, -0.05) is 24.3 Å². The van der Waals surface area contributed by atoms with Crippen molar-refractivity contribution in [1.29, 1.82) is 10.5 Å². The first-order valence-corrected chi connectivity index (χ1v) is 9.52. The van der Waals surface area contributed by atoms with E-state index in [1.165, 1.54) is 23.5 Å². The molecule has 0 saturated heterocycles. The third kappa shape index (κ3) is 4.20. The van der Waals surface area contributed by atoms with Gasteiger partial charge in [0.15, 0.2) is 0 Å². The number of allylic oxidation sites excluding steroid dienone is 1. The molecule has 0 spiro atoms. The predicted molar refractivity (Wildman–Crippen MR) is 108 cm³/mol. The zero-order chi connectivity index (χ0) is 20.1. The average molecular weight is 410 g/mol. The number of aromatic nitrogens is 1. The monoisotopic (exact) mass is 409 g/mol. The molecule has 0 aliphatic carbocycles. The second-order valence-electron chi connectivity index (χ2n) is 5.84. The number of thiazole rings is 1.